The molecule has 0 aliphatic rings. The van der Waals surface area contributed by atoms with Crippen molar-refractivity contribution in [2.45, 2.75) is 39.4 Å². The average molecular weight is 332 g/mol. The van der Waals surface area contributed by atoms with Gasteiger partial charge in [-0.2, -0.15) is 13.2 Å². The van der Waals surface area contributed by atoms with Crippen molar-refractivity contribution >= 4 is 5.96 Å². The van der Waals surface area contributed by atoms with Gasteiger partial charge in [-0.3, -0.25) is 0 Å². The minimum Gasteiger partial charge on any atom is -0.468 e. The first-order valence-corrected chi connectivity index (χ1v) is 7.62. The van der Waals surface area contributed by atoms with E-state index in [9.17, 15) is 13.2 Å². The Labute approximate surface area is 134 Å². The number of unbranched alkanes of at least 4 members (excludes halogenated alkanes) is 1. The lowest BCUT2D eigenvalue weighted by Gasteiger charge is -2.13. The molecule has 0 unspecified atom stereocenters. The van der Waals surface area contributed by atoms with Crippen molar-refractivity contribution in [2.75, 3.05) is 19.7 Å². The molecule has 0 aliphatic carbocycles. The second kappa shape index (κ2) is 9.91. The van der Waals surface area contributed by atoms with Crippen LogP contribution >= 0.6 is 0 Å². The maximum absolute atomic E-state index is 12.3. The number of aliphatic imine (C=N–C) groups is 1. The predicted molar refractivity (Wildman–Crippen MR) is 83.5 cm³/mol. The van der Waals surface area contributed by atoms with Crippen molar-refractivity contribution < 1.29 is 17.9 Å². The van der Waals surface area contributed by atoms with Crippen LogP contribution in [-0.4, -0.2) is 36.8 Å². The number of nitrogens with one attached hydrogen (secondary N) is 2. The molecule has 0 atom stereocenters. The zero-order chi connectivity index (χ0) is 17.1. The summed E-state index contributed by atoms with van der Waals surface area (Å²) in [6.07, 6.45) is -0.931. The van der Waals surface area contributed by atoms with E-state index in [1.807, 2.05) is 6.92 Å². The van der Waals surface area contributed by atoms with Crippen LogP contribution in [0.1, 0.15) is 32.3 Å². The maximum atomic E-state index is 12.3. The van der Waals surface area contributed by atoms with Gasteiger partial charge < -0.3 is 15.4 Å². The molecule has 5 nitrogen and oxygen atoms in total. The molecule has 0 spiro atoms. The van der Waals surface area contributed by atoms with Gasteiger partial charge in [-0.05, 0) is 19.4 Å². The van der Waals surface area contributed by atoms with Crippen molar-refractivity contribution in [1.82, 2.24) is 15.6 Å². The van der Waals surface area contributed by atoms with Crippen molar-refractivity contribution in [2.24, 2.45) is 4.99 Å². The van der Waals surface area contributed by atoms with Crippen LogP contribution in [0.15, 0.2) is 23.3 Å². The molecule has 0 fully saturated rings. The molecule has 0 aliphatic heterocycles. The molecule has 1 rings (SSSR count). The first kappa shape index (κ1) is 19.1. The van der Waals surface area contributed by atoms with Gasteiger partial charge in [0.25, 0.3) is 0 Å². The molecule has 2 N–H and O–H groups in total. The molecule has 8 heteroatoms. The Kier molecular flexibility index (Phi) is 8.21. The number of hydrogen-bond acceptors (Lipinski definition) is 3. The average Bonchev–Trinajstić information content (AvgIpc) is 2.51. The topological polar surface area (TPSA) is 58.5 Å². The lowest BCUT2D eigenvalue weighted by Crippen LogP contribution is -2.37. The van der Waals surface area contributed by atoms with Crippen LogP contribution in [0.5, 0.6) is 5.88 Å². The van der Waals surface area contributed by atoms with E-state index in [0.29, 0.717) is 18.1 Å². The van der Waals surface area contributed by atoms with E-state index in [1.165, 1.54) is 6.20 Å². The number of rotatable bonds is 8. The SMILES string of the molecule is CCCCNC(=NCc1cccnc1OCC(F)(F)F)NCC. The zero-order valence-electron chi connectivity index (χ0n) is 13.4. The first-order chi connectivity index (χ1) is 11.0. The number of pyridine rings is 1. The highest BCUT2D eigenvalue weighted by Crippen LogP contribution is 2.20. The Morgan fingerprint density at radius 1 is 1.30 bits per heavy atom. The molecule has 0 radical (unpaired) electrons. The summed E-state index contributed by atoms with van der Waals surface area (Å²) >= 11 is 0. The highest BCUT2D eigenvalue weighted by atomic mass is 19.4. The van der Waals surface area contributed by atoms with Crippen LogP contribution in [-0.2, 0) is 6.54 Å². The largest absolute Gasteiger partial charge is 0.468 e. The third-order valence-electron chi connectivity index (χ3n) is 2.80. The third-order valence-corrected chi connectivity index (χ3v) is 2.80. The summed E-state index contributed by atoms with van der Waals surface area (Å²) < 4.78 is 41.5. The maximum Gasteiger partial charge on any atom is 0.422 e. The van der Waals surface area contributed by atoms with Gasteiger partial charge in [0.1, 0.15) is 0 Å². The summed E-state index contributed by atoms with van der Waals surface area (Å²) in [5, 5.41) is 6.25. The molecule has 0 amide bonds. The second-order valence-electron chi connectivity index (χ2n) is 4.85. The van der Waals surface area contributed by atoms with Gasteiger partial charge in [0, 0.05) is 24.8 Å². The van der Waals surface area contributed by atoms with E-state index in [2.05, 4.69) is 27.5 Å². The monoisotopic (exact) mass is 332 g/mol. The fourth-order valence-corrected chi connectivity index (χ4v) is 1.71. The van der Waals surface area contributed by atoms with E-state index >= 15 is 0 Å². The molecule has 1 aromatic rings. The van der Waals surface area contributed by atoms with Gasteiger partial charge in [-0.15, -0.1) is 0 Å². The summed E-state index contributed by atoms with van der Waals surface area (Å²) in [4.78, 5) is 8.20. The fourth-order valence-electron chi connectivity index (χ4n) is 1.71. The van der Waals surface area contributed by atoms with Gasteiger partial charge in [0.15, 0.2) is 12.6 Å². The van der Waals surface area contributed by atoms with Gasteiger partial charge in [-0.25, -0.2) is 9.98 Å². The lowest BCUT2D eigenvalue weighted by atomic mass is 10.3. The Hall–Kier alpha value is -1.99. The number of halogens is 3. The number of ether oxygens (including phenoxy) is 1. The zero-order valence-corrected chi connectivity index (χ0v) is 13.4. The van der Waals surface area contributed by atoms with Gasteiger partial charge in [0.05, 0.1) is 6.54 Å². The minimum absolute atomic E-state index is 0.0435. The summed E-state index contributed by atoms with van der Waals surface area (Å²) in [5.41, 5.74) is 0.504. The van der Waals surface area contributed by atoms with E-state index in [4.69, 9.17) is 4.74 Å². The Bertz CT molecular complexity index is 492. The van der Waals surface area contributed by atoms with Gasteiger partial charge in [-0.1, -0.05) is 19.4 Å². The molecule has 130 valence electrons. The Morgan fingerprint density at radius 2 is 2.09 bits per heavy atom. The second-order valence-corrected chi connectivity index (χ2v) is 4.85. The molecule has 0 saturated carbocycles. The highest BCUT2D eigenvalue weighted by Gasteiger charge is 2.29. The Balaban J connectivity index is 2.71. The first-order valence-electron chi connectivity index (χ1n) is 7.62. The van der Waals surface area contributed by atoms with Crippen LogP contribution in [0.3, 0.4) is 0 Å². The van der Waals surface area contributed by atoms with Crippen molar-refractivity contribution in [1.29, 1.82) is 0 Å². The number of guanidine groups is 1. The van der Waals surface area contributed by atoms with E-state index in [-0.39, 0.29) is 12.4 Å². The van der Waals surface area contributed by atoms with Crippen molar-refractivity contribution in [3.05, 3.63) is 23.9 Å². The number of hydrogen-bond donors (Lipinski definition) is 2. The van der Waals surface area contributed by atoms with Crippen LogP contribution in [0.25, 0.3) is 0 Å². The van der Waals surface area contributed by atoms with Crippen LogP contribution in [0.2, 0.25) is 0 Å². The van der Waals surface area contributed by atoms with E-state index in [1.54, 1.807) is 12.1 Å². The standard InChI is InChI=1S/C15H23F3N4O/c1-3-5-8-21-14(19-4-2)22-10-12-7-6-9-20-13(12)23-11-15(16,17)18/h6-7,9H,3-5,8,10-11H2,1-2H3,(H2,19,21,22). The molecular formula is C15H23F3N4O. The molecule has 1 heterocycles. The molecule has 23 heavy (non-hydrogen) atoms. The lowest BCUT2D eigenvalue weighted by molar-refractivity contribution is -0.154. The quantitative estimate of drug-likeness (QED) is 0.437. The van der Waals surface area contributed by atoms with Crippen molar-refractivity contribution in [3.63, 3.8) is 0 Å². The molecular weight excluding hydrogens is 309 g/mol. The van der Waals surface area contributed by atoms with Crippen LogP contribution in [0, 0.1) is 0 Å². The number of alkyl halides is 3. The minimum atomic E-state index is -4.39. The van der Waals surface area contributed by atoms with Crippen molar-refractivity contribution in [3.8, 4) is 5.88 Å². The highest BCUT2D eigenvalue weighted by molar-refractivity contribution is 5.79. The molecule has 0 saturated heterocycles. The molecule has 0 aromatic carbocycles. The van der Waals surface area contributed by atoms with Crippen LogP contribution in [0.4, 0.5) is 13.2 Å². The summed E-state index contributed by atoms with van der Waals surface area (Å²) in [6.45, 7) is 4.33. The number of nitrogens with zero attached hydrogens (tertiary/aromatic N) is 2. The van der Waals surface area contributed by atoms with Crippen LogP contribution < -0.4 is 15.4 Å². The van der Waals surface area contributed by atoms with E-state index in [0.717, 1.165) is 19.4 Å². The van der Waals surface area contributed by atoms with Gasteiger partial charge >= 0.3 is 6.18 Å². The smallest absolute Gasteiger partial charge is 0.422 e. The predicted octanol–water partition coefficient (Wildman–Crippen LogP) is 2.88. The Morgan fingerprint density at radius 3 is 2.74 bits per heavy atom. The molecule has 1 aromatic heterocycles. The summed E-state index contributed by atoms with van der Waals surface area (Å²) in [7, 11) is 0. The third kappa shape index (κ3) is 8.27. The summed E-state index contributed by atoms with van der Waals surface area (Å²) in [5.74, 6) is 0.574. The summed E-state index contributed by atoms with van der Waals surface area (Å²) in [6, 6.07) is 3.29. The normalized spacial score (nSPS) is 12.1. The fraction of sp³-hybridized carbons (Fsp3) is 0.600. The van der Waals surface area contributed by atoms with Gasteiger partial charge in [0.2, 0.25) is 5.88 Å². The van der Waals surface area contributed by atoms with E-state index < -0.39 is 12.8 Å². The number of aromatic nitrogens is 1. The molecule has 0 bridgehead atoms.